The molecule has 0 saturated carbocycles. The van der Waals surface area contributed by atoms with Crippen molar-refractivity contribution < 1.29 is 4.79 Å². The molecular formula is C16H26N4O. The first-order valence-corrected chi connectivity index (χ1v) is 7.81. The van der Waals surface area contributed by atoms with E-state index in [1.807, 2.05) is 17.3 Å². The van der Waals surface area contributed by atoms with Crippen LogP contribution >= 0.6 is 0 Å². The van der Waals surface area contributed by atoms with Crippen molar-refractivity contribution in [2.24, 2.45) is 0 Å². The number of carbonyl (C=O) groups is 1. The molecule has 5 nitrogen and oxygen atoms in total. The van der Waals surface area contributed by atoms with Gasteiger partial charge in [0.2, 0.25) is 5.91 Å². The fourth-order valence-electron chi connectivity index (χ4n) is 2.71. The first-order valence-electron chi connectivity index (χ1n) is 7.81. The molecule has 1 aliphatic heterocycles. The van der Waals surface area contributed by atoms with E-state index < -0.39 is 0 Å². The Morgan fingerprint density at radius 1 is 1.29 bits per heavy atom. The second-order valence-corrected chi connectivity index (χ2v) is 5.68. The molecule has 21 heavy (non-hydrogen) atoms. The Bertz CT molecular complexity index is 429. The van der Waals surface area contributed by atoms with E-state index in [9.17, 15) is 4.79 Å². The van der Waals surface area contributed by atoms with Crippen LogP contribution < -0.4 is 5.32 Å². The number of piperazine rings is 1. The summed E-state index contributed by atoms with van der Waals surface area (Å²) in [4.78, 5) is 20.6. The van der Waals surface area contributed by atoms with Gasteiger partial charge in [0.25, 0.3) is 0 Å². The van der Waals surface area contributed by atoms with E-state index in [1.54, 1.807) is 0 Å². The van der Waals surface area contributed by atoms with Crippen LogP contribution in [0.5, 0.6) is 0 Å². The lowest BCUT2D eigenvalue weighted by Gasteiger charge is -2.35. The molecule has 116 valence electrons. The third kappa shape index (κ3) is 5.10. The lowest BCUT2D eigenvalue weighted by atomic mass is 10.2. The first kappa shape index (κ1) is 15.9. The van der Waals surface area contributed by atoms with Crippen LogP contribution in [0.25, 0.3) is 0 Å². The van der Waals surface area contributed by atoms with Gasteiger partial charge in [0.1, 0.15) is 0 Å². The van der Waals surface area contributed by atoms with Crippen LogP contribution in [0.2, 0.25) is 0 Å². The summed E-state index contributed by atoms with van der Waals surface area (Å²) in [6.45, 7) is 9.56. The minimum atomic E-state index is 0.261. The fraction of sp³-hybridized carbons (Fsp3) is 0.625. The Kier molecular flexibility index (Phi) is 6.14. The zero-order valence-corrected chi connectivity index (χ0v) is 13.1. The summed E-state index contributed by atoms with van der Waals surface area (Å²) in [6, 6.07) is 4.36. The standard InChI is InChI=1S/C16H26N4O/c1-3-18-14(2)12-16(21)20-10-8-19(9-11-20)13-15-4-6-17-7-5-15/h4-7,14,18H,3,8-13H2,1-2H3. The molecule has 0 radical (unpaired) electrons. The molecule has 2 rings (SSSR count). The second kappa shape index (κ2) is 8.10. The fourth-order valence-corrected chi connectivity index (χ4v) is 2.71. The number of nitrogens with zero attached hydrogens (tertiary/aromatic N) is 3. The molecule has 0 bridgehead atoms. The number of aromatic nitrogens is 1. The van der Waals surface area contributed by atoms with Crippen molar-refractivity contribution >= 4 is 5.91 Å². The summed E-state index contributed by atoms with van der Waals surface area (Å²) >= 11 is 0. The van der Waals surface area contributed by atoms with E-state index in [4.69, 9.17) is 0 Å². The summed E-state index contributed by atoms with van der Waals surface area (Å²) in [6.07, 6.45) is 4.26. The van der Waals surface area contributed by atoms with Crippen LogP contribution in [0, 0.1) is 0 Å². The van der Waals surface area contributed by atoms with Gasteiger partial charge in [0, 0.05) is 57.6 Å². The van der Waals surface area contributed by atoms with E-state index in [-0.39, 0.29) is 11.9 Å². The number of amides is 1. The molecule has 1 saturated heterocycles. The number of hydrogen-bond acceptors (Lipinski definition) is 4. The maximum absolute atomic E-state index is 12.2. The van der Waals surface area contributed by atoms with Crippen molar-refractivity contribution in [3.8, 4) is 0 Å². The number of hydrogen-bond donors (Lipinski definition) is 1. The van der Waals surface area contributed by atoms with Crippen LogP contribution in [0.4, 0.5) is 0 Å². The Morgan fingerprint density at radius 2 is 1.95 bits per heavy atom. The average molecular weight is 290 g/mol. The van der Waals surface area contributed by atoms with Crippen LogP contribution in [0.1, 0.15) is 25.8 Å². The predicted molar refractivity (Wildman–Crippen MR) is 83.8 cm³/mol. The van der Waals surface area contributed by atoms with Crippen molar-refractivity contribution in [3.63, 3.8) is 0 Å². The third-order valence-corrected chi connectivity index (χ3v) is 3.91. The SMILES string of the molecule is CCNC(C)CC(=O)N1CCN(Cc2ccncc2)CC1. The predicted octanol–water partition coefficient (Wildman–Crippen LogP) is 1.11. The summed E-state index contributed by atoms with van der Waals surface area (Å²) in [5.74, 6) is 0.270. The molecule has 1 unspecified atom stereocenters. The lowest BCUT2D eigenvalue weighted by molar-refractivity contribution is -0.133. The van der Waals surface area contributed by atoms with Gasteiger partial charge in [0.05, 0.1) is 0 Å². The van der Waals surface area contributed by atoms with Crippen molar-refractivity contribution in [3.05, 3.63) is 30.1 Å². The maximum Gasteiger partial charge on any atom is 0.224 e. The Balaban J connectivity index is 1.74. The zero-order chi connectivity index (χ0) is 15.1. The van der Waals surface area contributed by atoms with Gasteiger partial charge in [-0.3, -0.25) is 14.7 Å². The molecule has 1 aromatic heterocycles. The Hall–Kier alpha value is -1.46. The van der Waals surface area contributed by atoms with Crippen LogP contribution in [0.15, 0.2) is 24.5 Å². The molecule has 5 heteroatoms. The molecule has 1 fully saturated rings. The summed E-state index contributed by atoms with van der Waals surface area (Å²) in [5, 5.41) is 3.29. The normalized spacial score (nSPS) is 17.7. The maximum atomic E-state index is 12.2. The van der Waals surface area contributed by atoms with Gasteiger partial charge >= 0.3 is 0 Å². The number of rotatable bonds is 6. The van der Waals surface area contributed by atoms with Crippen molar-refractivity contribution in [2.45, 2.75) is 32.9 Å². The van der Waals surface area contributed by atoms with Gasteiger partial charge in [-0.2, -0.15) is 0 Å². The van der Waals surface area contributed by atoms with Gasteiger partial charge < -0.3 is 10.2 Å². The van der Waals surface area contributed by atoms with Gasteiger partial charge in [0.15, 0.2) is 0 Å². The van der Waals surface area contributed by atoms with Crippen LogP contribution in [0.3, 0.4) is 0 Å². The van der Waals surface area contributed by atoms with E-state index in [0.717, 1.165) is 39.3 Å². The third-order valence-electron chi connectivity index (χ3n) is 3.91. The topological polar surface area (TPSA) is 48.5 Å². The lowest BCUT2D eigenvalue weighted by Crippen LogP contribution is -2.49. The van der Waals surface area contributed by atoms with E-state index in [1.165, 1.54) is 5.56 Å². The van der Waals surface area contributed by atoms with Crippen LogP contribution in [-0.2, 0) is 11.3 Å². The Morgan fingerprint density at radius 3 is 2.57 bits per heavy atom. The van der Waals surface area contributed by atoms with Gasteiger partial charge in [-0.05, 0) is 31.2 Å². The number of nitrogens with one attached hydrogen (secondary N) is 1. The monoisotopic (exact) mass is 290 g/mol. The highest BCUT2D eigenvalue weighted by atomic mass is 16.2. The van der Waals surface area contributed by atoms with Crippen LogP contribution in [-0.4, -0.2) is 59.5 Å². The highest BCUT2D eigenvalue weighted by molar-refractivity contribution is 5.76. The van der Waals surface area contributed by atoms with Gasteiger partial charge in [-0.1, -0.05) is 6.92 Å². The second-order valence-electron chi connectivity index (χ2n) is 5.68. The van der Waals surface area contributed by atoms with E-state index in [0.29, 0.717) is 6.42 Å². The van der Waals surface area contributed by atoms with Crippen molar-refractivity contribution in [1.29, 1.82) is 0 Å². The van der Waals surface area contributed by atoms with Gasteiger partial charge in [-0.25, -0.2) is 0 Å². The summed E-state index contributed by atoms with van der Waals surface area (Å²) in [7, 11) is 0. The smallest absolute Gasteiger partial charge is 0.224 e. The first-order chi connectivity index (χ1) is 10.2. The minimum Gasteiger partial charge on any atom is -0.340 e. The molecule has 1 N–H and O–H groups in total. The molecule has 0 aromatic carbocycles. The summed E-state index contributed by atoms with van der Waals surface area (Å²) in [5.41, 5.74) is 1.28. The molecule has 1 atom stereocenters. The molecule has 2 heterocycles. The highest BCUT2D eigenvalue weighted by Crippen LogP contribution is 2.09. The number of pyridine rings is 1. The van der Waals surface area contributed by atoms with Crippen molar-refractivity contribution in [1.82, 2.24) is 20.1 Å². The molecule has 1 amide bonds. The molecule has 0 aliphatic carbocycles. The average Bonchev–Trinajstić information content (AvgIpc) is 2.49. The Labute approximate surface area is 127 Å². The minimum absolute atomic E-state index is 0.261. The largest absolute Gasteiger partial charge is 0.340 e. The molecular weight excluding hydrogens is 264 g/mol. The quantitative estimate of drug-likeness (QED) is 0.853. The molecule has 1 aliphatic rings. The highest BCUT2D eigenvalue weighted by Gasteiger charge is 2.22. The van der Waals surface area contributed by atoms with Crippen molar-refractivity contribution in [2.75, 3.05) is 32.7 Å². The zero-order valence-electron chi connectivity index (χ0n) is 13.1. The molecule has 0 spiro atoms. The molecule has 1 aromatic rings. The number of carbonyl (C=O) groups excluding carboxylic acids is 1. The summed E-state index contributed by atoms with van der Waals surface area (Å²) < 4.78 is 0. The van der Waals surface area contributed by atoms with Gasteiger partial charge in [-0.15, -0.1) is 0 Å². The van der Waals surface area contributed by atoms with E-state index >= 15 is 0 Å². The van der Waals surface area contributed by atoms with E-state index in [2.05, 4.69) is 41.2 Å².